The maximum atomic E-state index is 15.0. The van der Waals surface area contributed by atoms with Gasteiger partial charge < -0.3 is 14.7 Å². The molecule has 1 aromatic heterocycles. The second-order valence-electron chi connectivity index (χ2n) is 8.46. The van der Waals surface area contributed by atoms with Gasteiger partial charge in [-0.1, -0.05) is 11.6 Å². The normalized spacial score (nSPS) is 28.0. The van der Waals surface area contributed by atoms with E-state index in [-0.39, 0.29) is 23.9 Å². The fourth-order valence-corrected chi connectivity index (χ4v) is 4.40. The second-order valence-corrected chi connectivity index (χ2v) is 8.46. The quantitative estimate of drug-likeness (QED) is 0.873. The molecule has 0 radical (unpaired) electrons. The molecule has 2 heterocycles. The molecule has 3 aliphatic rings. The molecule has 0 aromatic carbocycles. The summed E-state index contributed by atoms with van der Waals surface area (Å²) >= 11 is 0. The third-order valence-electron chi connectivity index (χ3n) is 6.24. The Morgan fingerprint density at radius 2 is 2.00 bits per heavy atom. The molecule has 3 fully saturated rings. The van der Waals surface area contributed by atoms with E-state index >= 15 is 4.39 Å². The number of nitrogens with one attached hydrogen (secondary N) is 1. The van der Waals surface area contributed by atoms with Crippen LogP contribution in [0, 0.1) is 0 Å². The number of amides is 2. The van der Waals surface area contributed by atoms with Crippen LogP contribution in [-0.4, -0.2) is 46.2 Å². The van der Waals surface area contributed by atoms with Crippen molar-refractivity contribution in [2.75, 3.05) is 6.54 Å². The van der Waals surface area contributed by atoms with Crippen LogP contribution in [0.25, 0.3) is 0 Å². The summed E-state index contributed by atoms with van der Waals surface area (Å²) in [5.41, 5.74) is -1.38. The molecule has 7 heteroatoms. The number of carbonyl (C=O) groups is 2. The number of likely N-dealkylation sites (tertiary alicyclic amines) is 1. The molecule has 1 unspecified atom stereocenters. The van der Waals surface area contributed by atoms with Crippen molar-refractivity contribution in [1.82, 2.24) is 15.4 Å². The van der Waals surface area contributed by atoms with Crippen molar-refractivity contribution in [3.05, 3.63) is 17.5 Å². The first kappa shape index (κ1) is 18.4. The Labute approximate surface area is 158 Å². The van der Waals surface area contributed by atoms with Crippen LogP contribution in [0.2, 0.25) is 0 Å². The average Bonchev–Trinajstić information content (AvgIpc) is 3.38. The van der Waals surface area contributed by atoms with Crippen molar-refractivity contribution < 1.29 is 18.5 Å². The van der Waals surface area contributed by atoms with E-state index in [1.54, 1.807) is 11.0 Å². The third kappa shape index (κ3) is 3.87. The van der Waals surface area contributed by atoms with E-state index in [2.05, 4.69) is 10.5 Å². The SMILES string of the molecule is C[C@@H]1CC(NC(=O)c2cc(C3CC3)on2)CCN1C(=O)C1(F)CCCCC1. The van der Waals surface area contributed by atoms with E-state index in [0.29, 0.717) is 43.8 Å². The maximum absolute atomic E-state index is 15.0. The molecule has 2 amide bonds. The van der Waals surface area contributed by atoms with Gasteiger partial charge in [-0.25, -0.2) is 4.39 Å². The number of nitrogens with zero attached hydrogens (tertiary/aromatic N) is 2. The van der Waals surface area contributed by atoms with Gasteiger partial charge in [-0.15, -0.1) is 0 Å². The summed E-state index contributed by atoms with van der Waals surface area (Å²) in [6.07, 6.45) is 6.69. The molecule has 2 aliphatic carbocycles. The molecule has 1 aromatic rings. The van der Waals surface area contributed by atoms with Gasteiger partial charge in [-0.3, -0.25) is 9.59 Å². The Bertz CT molecular complexity index is 709. The number of hydrogen-bond donors (Lipinski definition) is 1. The second kappa shape index (κ2) is 7.24. The summed E-state index contributed by atoms with van der Waals surface area (Å²) in [4.78, 5) is 26.8. The van der Waals surface area contributed by atoms with Crippen molar-refractivity contribution in [3.63, 3.8) is 0 Å². The van der Waals surface area contributed by atoms with Gasteiger partial charge in [-0.05, 0) is 58.3 Å². The number of hydrogen-bond acceptors (Lipinski definition) is 4. The number of carbonyl (C=O) groups excluding carboxylic acids is 2. The van der Waals surface area contributed by atoms with Crippen molar-refractivity contribution in [1.29, 1.82) is 0 Å². The molecule has 0 spiro atoms. The monoisotopic (exact) mass is 377 g/mol. The highest BCUT2D eigenvalue weighted by molar-refractivity contribution is 5.92. The van der Waals surface area contributed by atoms with Gasteiger partial charge in [0.25, 0.3) is 11.8 Å². The smallest absolute Gasteiger partial charge is 0.273 e. The van der Waals surface area contributed by atoms with Gasteiger partial charge in [0, 0.05) is 30.6 Å². The van der Waals surface area contributed by atoms with Crippen molar-refractivity contribution in [2.24, 2.45) is 0 Å². The number of rotatable bonds is 4. The molecule has 2 saturated carbocycles. The molecule has 0 bridgehead atoms. The predicted molar refractivity (Wildman–Crippen MR) is 97.1 cm³/mol. The van der Waals surface area contributed by atoms with E-state index in [1.165, 1.54) is 0 Å². The fourth-order valence-electron chi connectivity index (χ4n) is 4.40. The van der Waals surface area contributed by atoms with E-state index in [9.17, 15) is 9.59 Å². The van der Waals surface area contributed by atoms with Gasteiger partial charge in [0.15, 0.2) is 11.4 Å². The molecule has 1 aliphatic heterocycles. The van der Waals surface area contributed by atoms with Gasteiger partial charge in [0.2, 0.25) is 0 Å². The standard InChI is InChI=1S/C20H28FN3O3/c1-13-11-15(22-18(25)16-12-17(27-23-16)14-5-6-14)7-10-24(13)19(26)20(21)8-3-2-4-9-20/h12-15H,2-11H2,1H3,(H,22,25)/t13-,15?/m1/s1. The lowest BCUT2D eigenvalue weighted by molar-refractivity contribution is -0.150. The minimum absolute atomic E-state index is 0.0421. The van der Waals surface area contributed by atoms with Crippen LogP contribution in [0.4, 0.5) is 4.39 Å². The number of alkyl halides is 1. The topological polar surface area (TPSA) is 75.4 Å². The van der Waals surface area contributed by atoms with Crippen LogP contribution in [0.15, 0.2) is 10.6 Å². The number of halogens is 1. The molecular weight excluding hydrogens is 349 g/mol. The Morgan fingerprint density at radius 3 is 2.67 bits per heavy atom. The van der Waals surface area contributed by atoms with Crippen LogP contribution in [0.5, 0.6) is 0 Å². The van der Waals surface area contributed by atoms with Crippen LogP contribution in [0.3, 0.4) is 0 Å². The van der Waals surface area contributed by atoms with Crippen molar-refractivity contribution >= 4 is 11.8 Å². The Kier molecular flexibility index (Phi) is 4.95. The van der Waals surface area contributed by atoms with Gasteiger partial charge in [-0.2, -0.15) is 0 Å². The molecule has 1 saturated heterocycles. The Hall–Kier alpha value is -1.92. The molecular formula is C20H28FN3O3. The van der Waals surface area contributed by atoms with Crippen molar-refractivity contribution in [2.45, 2.75) is 88.4 Å². The molecule has 1 N–H and O–H groups in total. The zero-order valence-electron chi connectivity index (χ0n) is 15.9. The summed E-state index contributed by atoms with van der Waals surface area (Å²) < 4.78 is 20.3. The van der Waals surface area contributed by atoms with Gasteiger partial charge in [0.05, 0.1) is 0 Å². The molecule has 27 heavy (non-hydrogen) atoms. The van der Waals surface area contributed by atoms with E-state index in [1.807, 2.05) is 6.92 Å². The van der Waals surface area contributed by atoms with Gasteiger partial charge in [0.1, 0.15) is 5.76 Å². The van der Waals surface area contributed by atoms with Crippen LogP contribution in [0.1, 0.15) is 86.9 Å². The molecule has 6 nitrogen and oxygen atoms in total. The lowest BCUT2D eigenvalue weighted by Crippen LogP contribution is -2.56. The summed E-state index contributed by atoms with van der Waals surface area (Å²) in [5.74, 6) is 0.609. The first-order chi connectivity index (χ1) is 13.0. The lowest BCUT2D eigenvalue weighted by Gasteiger charge is -2.42. The number of piperidine rings is 1. The van der Waals surface area contributed by atoms with E-state index < -0.39 is 5.67 Å². The van der Waals surface area contributed by atoms with E-state index in [4.69, 9.17) is 4.52 Å². The summed E-state index contributed by atoms with van der Waals surface area (Å²) in [5, 5.41) is 6.87. The summed E-state index contributed by atoms with van der Waals surface area (Å²) in [7, 11) is 0. The largest absolute Gasteiger partial charge is 0.360 e. The first-order valence-electron chi connectivity index (χ1n) is 10.2. The van der Waals surface area contributed by atoms with Crippen LogP contribution < -0.4 is 5.32 Å². The van der Waals surface area contributed by atoms with Gasteiger partial charge >= 0.3 is 0 Å². The number of aromatic nitrogens is 1. The Morgan fingerprint density at radius 1 is 1.26 bits per heavy atom. The lowest BCUT2D eigenvalue weighted by atomic mass is 9.84. The average molecular weight is 377 g/mol. The molecule has 148 valence electrons. The van der Waals surface area contributed by atoms with E-state index in [0.717, 1.165) is 37.9 Å². The fraction of sp³-hybridized carbons (Fsp3) is 0.750. The highest BCUT2D eigenvalue weighted by atomic mass is 19.1. The minimum Gasteiger partial charge on any atom is -0.360 e. The minimum atomic E-state index is -1.69. The zero-order valence-corrected chi connectivity index (χ0v) is 15.9. The summed E-state index contributed by atoms with van der Waals surface area (Å²) in [6.45, 7) is 2.41. The highest BCUT2D eigenvalue weighted by Crippen LogP contribution is 2.40. The van der Waals surface area contributed by atoms with Crippen molar-refractivity contribution in [3.8, 4) is 0 Å². The third-order valence-corrected chi connectivity index (χ3v) is 6.24. The van der Waals surface area contributed by atoms with Crippen LogP contribution in [-0.2, 0) is 4.79 Å². The first-order valence-corrected chi connectivity index (χ1v) is 10.2. The maximum Gasteiger partial charge on any atom is 0.273 e. The summed E-state index contributed by atoms with van der Waals surface area (Å²) in [6, 6.07) is 1.59. The van der Waals surface area contributed by atoms with Crippen LogP contribution >= 0.6 is 0 Å². The highest BCUT2D eigenvalue weighted by Gasteiger charge is 2.44. The molecule has 2 atom stereocenters. The predicted octanol–water partition coefficient (Wildman–Crippen LogP) is 3.33. The molecule has 4 rings (SSSR count). The zero-order chi connectivity index (χ0) is 19.0. The Balaban J connectivity index is 1.32.